The van der Waals surface area contributed by atoms with Gasteiger partial charge in [-0.1, -0.05) is 24.3 Å². The van der Waals surface area contributed by atoms with Crippen molar-refractivity contribution in [3.63, 3.8) is 0 Å². The topological polar surface area (TPSA) is 86.7 Å². The monoisotopic (exact) mass is 346 g/mol. The summed E-state index contributed by atoms with van der Waals surface area (Å²) in [4.78, 5) is 36.8. The third-order valence-electron chi connectivity index (χ3n) is 4.56. The van der Waals surface area contributed by atoms with Crippen LogP contribution in [-0.2, 0) is 4.79 Å². The van der Waals surface area contributed by atoms with Crippen molar-refractivity contribution in [2.24, 2.45) is 0 Å². The maximum atomic E-state index is 12.5. The Kier molecular flexibility index (Phi) is 2.91. The Morgan fingerprint density at radius 1 is 0.731 bits per heavy atom. The zero-order chi connectivity index (χ0) is 17.8. The Morgan fingerprint density at radius 2 is 1.19 bits per heavy atom. The summed E-state index contributed by atoms with van der Waals surface area (Å²) in [5, 5.41) is 1.11. The Hall–Kier alpha value is -3.67. The van der Waals surface area contributed by atoms with Gasteiger partial charge >= 0.3 is 11.3 Å². The van der Waals surface area contributed by atoms with Crippen LogP contribution in [0.5, 0.6) is 11.5 Å². The second-order valence-electron chi connectivity index (χ2n) is 5.97. The fourth-order valence-corrected chi connectivity index (χ4v) is 3.41. The van der Waals surface area contributed by atoms with Gasteiger partial charge in [0.1, 0.15) is 29.0 Å². The number of fused-ring (bicyclic) bond motifs is 6. The Morgan fingerprint density at radius 3 is 1.65 bits per heavy atom. The highest BCUT2D eigenvalue weighted by atomic mass is 16.5. The van der Waals surface area contributed by atoms with Crippen LogP contribution < -0.4 is 16.0 Å². The highest BCUT2D eigenvalue weighted by Gasteiger charge is 2.36. The number of hydrogen-bond acceptors (Lipinski definition) is 6. The number of carbonyl (C=O) groups excluding carboxylic acids is 1. The van der Waals surface area contributed by atoms with Gasteiger partial charge in [-0.15, -0.1) is 0 Å². The quantitative estimate of drug-likeness (QED) is 0.388. The van der Waals surface area contributed by atoms with Gasteiger partial charge < -0.3 is 18.4 Å². The van der Waals surface area contributed by atoms with Gasteiger partial charge in [-0.3, -0.25) is 0 Å². The van der Waals surface area contributed by atoms with E-state index in [1.165, 1.54) is 0 Å². The van der Waals surface area contributed by atoms with Crippen LogP contribution >= 0.6 is 0 Å². The third kappa shape index (κ3) is 1.84. The van der Waals surface area contributed by atoms with E-state index in [-0.39, 0.29) is 22.6 Å². The molecule has 0 spiro atoms. The number of hydrogen-bond donors (Lipinski definition) is 0. The minimum atomic E-state index is -1.12. The van der Waals surface area contributed by atoms with E-state index in [9.17, 15) is 14.4 Å². The van der Waals surface area contributed by atoms with Crippen LogP contribution in [0.25, 0.3) is 21.9 Å². The summed E-state index contributed by atoms with van der Waals surface area (Å²) in [6, 6.07) is 13.8. The van der Waals surface area contributed by atoms with E-state index in [4.69, 9.17) is 13.6 Å². The number of benzene rings is 2. The van der Waals surface area contributed by atoms with Crippen molar-refractivity contribution in [1.29, 1.82) is 0 Å². The van der Waals surface area contributed by atoms with Crippen molar-refractivity contribution in [2.75, 3.05) is 0 Å². The molecule has 6 heteroatoms. The molecule has 2 aromatic carbocycles. The van der Waals surface area contributed by atoms with Gasteiger partial charge in [-0.05, 0) is 24.3 Å². The van der Waals surface area contributed by atoms with E-state index in [1.54, 1.807) is 48.5 Å². The molecule has 26 heavy (non-hydrogen) atoms. The van der Waals surface area contributed by atoms with Crippen LogP contribution in [0.2, 0.25) is 0 Å². The minimum absolute atomic E-state index is 0.00813. The van der Waals surface area contributed by atoms with Crippen molar-refractivity contribution < 1.29 is 18.4 Å². The SMILES string of the molecule is O=CC1c2c(c3ccccc3oc2=O)Oc2c1c(=O)oc1ccccc21. The van der Waals surface area contributed by atoms with Crippen LogP contribution in [0.15, 0.2) is 67.0 Å². The van der Waals surface area contributed by atoms with Gasteiger partial charge in [0.25, 0.3) is 0 Å². The molecule has 1 aliphatic rings. The average molecular weight is 346 g/mol. The maximum absolute atomic E-state index is 12.5. The molecule has 0 saturated heterocycles. The highest BCUT2D eigenvalue weighted by Crippen LogP contribution is 2.46. The van der Waals surface area contributed by atoms with Gasteiger partial charge in [0.2, 0.25) is 0 Å². The molecule has 126 valence electrons. The first-order valence-electron chi connectivity index (χ1n) is 7.93. The molecule has 4 aromatic rings. The molecule has 5 rings (SSSR count). The molecular formula is C20H10O6. The molecule has 0 fully saturated rings. The Labute approximate surface area is 145 Å². The van der Waals surface area contributed by atoms with Crippen molar-refractivity contribution in [1.82, 2.24) is 0 Å². The van der Waals surface area contributed by atoms with Gasteiger partial charge in [0, 0.05) is 0 Å². The molecule has 0 unspecified atom stereocenters. The minimum Gasteiger partial charge on any atom is -0.455 e. The van der Waals surface area contributed by atoms with Crippen LogP contribution in [-0.4, -0.2) is 6.29 Å². The number of para-hydroxylation sites is 2. The van der Waals surface area contributed by atoms with E-state index in [0.29, 0.717) is 28.2 Å². The lowest BCUT2D eigenvalue weighted by molar-refractivity contribution is -0.108. The van der Waals surface area contributed by atoms with E-state index < -0.39 is 17.2 Å². The van der Waals surface area contributed by atoms with Crippen molar-refractivity contribution in [2.45, 2.75) is 5.92 Å². The van der Waals surface area contributed by atoms with E-state index in [0.717, 1.165) is 0 Å². The molecule has 0 amide bonds. The van der Waals surface area contributed by atoms with Crippen LogP contribution in [0.3, 0.4) is 0 Å². The molecule has 0 radical (unpaired) electrons. The molecule has 1 aliphatic heterocycles. The highest BCUT2D eigenvalue weighted by molar-refractivity contribution is 5.92. The number of carbonyl (C=O) groups is 1. The predicted molar refractivity (Wildman–Crippen MR) is 92.9 cm³/mol. The molecule has 0 aliphatic carbocycles. The molecule has 0 N–H and O–H groups in total. The zero-order valence-corrected chi connectivity index (χ0v) is 13.2. The molecule has 0 saturated carbocycles. The van der Waals surface area contributed by atoms with Crippen molar-refractivity contribution >= 4 is 28.2 Å². The predicted octanol–water partition coefficient (Wildman–Crippen LogP) is 3.34. The lowest BCUT2D eigenvalue weighted by Gasteiger charge is -2.24. The van der Waals surface area contributed by atoms with E-state index in [1.807, 2.05) is 0 Å². The largest absolute Gasteiger partial charge is 0.455 e. The van der Waals surface area contributed by atoms with Gasteiger partial charge in [-0.25, -0.2) is 9.59 Å². The van der Waals surface area contributed by atoms with E-state index >= 15 is 0 Å². The van der Waals surface area contributed by atoms with Crippen LogP contribution in [0, 0.1) is 0 Å². The van der Waals surface area contributed by atoms with Gasteiger partial charge in [0.05, 0.1) is 27.8 Å². The van der Waals surface area contributed by atoms with Gasteiger partial charge in [0.15, 0.2) is 0 Å². The fraction of sp³-hybridized carbons (Fsp3) is 0.0500. The van der Waals surface area contributed by atoms with Crippen molar-refractivity contribution in [3.05, 3.63) is 80.5 Å². The summed E-state index contributed by atoms with van der Waals surface area (Å²) in [6.07, 6.45) is 0.539. The maximum Gasteiger partial charge on any atom is 0.344 e. The molecule has 6 nitrogen and oxygen atoms in total. The Balaban J connectivity index is 1.96. The average Bonchev–Trinajstić information content (AvgIpc) is 2.66. The first-order chi connectivity index (χ1) is 12.7. The second-order valence-corrected chi connectivity index (χ2v) is 5.97. The molecular weight excluding hydrogens is 336 g/mol. The van der Waals surface area contributed by atoms with Crippen LogP contribution in [0.1, 0.15) is 17.0 Å². The standard InChI is InChI=1S/C20H10O6/c21-9-12-15-17(10-5-1-3-7-13(10)24-19(15)22)26-18-11-6-2-4-8-14(11)25-20(23)16(12)18/h1-9,12H. The fourth-order valence-electron chi connectivity index (χ4n) is 3.41. The summed E-state index contributed by atoms with van der Waals surface area (Å²) < 4.78 is 16.6. The number of rotatable bonds is 1. The summed E-state index contributed by atoms with van der Waals surface area (Å²) in [5.41, 5.74) is -0.723. The molecule has 3 heterocycles. The Bertz CT molecular complexity index is 1230. The summed E-state index contributed by atoms with van der Waals surface area (Å²) >= 11 is 0. The van der Waals surface area contributed by atoms with Crippen LogP contribution in [0.4, 0.5) is 0 Å². The lowest BCUT2D eigenvalue weighted by Crippen LogP contribution is -2.25. The van der Waals surface area contributed by atoms with Gasteiger partial charge in [-0.2, -0.15) is 0 Å². The normalized spacial score (nSPS) is 13.2. The second kappa shape index (κ2) is 5.16. The lowest BCUT2D eigenvalue weighted by atomic mass is 9.89. The summed E-state index contributed by atoms with van der Waals surface area (Å²) in [5.74, 6) is -0.648. The van der Waals surface area contributed by atoms with E-state index in [2.05, 4.69) is 0 Å². The first-order valence-corrected chi connectivity index (χ1v) is 7.93. The summed E-state index contributed by atoms with van der Waals surface area (Å²) in [6.45, 7) is 0. The number of ether oxygens (including phenoxy) is 1. The van der Waals surface area contributed by atoms with Crippen molar-refractivity contribution in [3.8, 4) is 11.5 Å². The summed E-state index contributed by atoms with van der Waals surface area (Å²) in [7, 11) is 0. The third-order valence-corrected chi connectivity index (χ3v) is 4.56. The molecule has 2 aromatic heterocycles. The zero-order valence-electron chi connectivity index (χ0n) is 13.2. The first kappa shape index (κ1) is 14.7. The number of aldehydes is 1. The smallest absolute Gasteiger partial charge is 0.344 e. The molecule has 0 bridgehead atoms. The molecule has 0 atom stereocenters.